The molecule has 0 N–H and O–H groups in total. The SMILES string of the molecule is CC/C=C\C/C=C\C/C=C\C/C=C\C/C=C\C/C=C\C/C=C\CCCCCCCCCCCCCC(=O)OCC(COC(=O)CCCCCCC/C=C\CCCCCCCC)OC(=O)CCCCCCCCC/C=C\CCCCCCCC. The van der Waals surface area contributed by atoms with Crippen molar-refractivity contribution in [1.82, 2.24) is 0 Å². The molecule has 1 unspecified atom stereocenters. The highest BCUT2D eigenvalue weighted by Crippen LogP contribution is 2.16. The van der Waals surface area contributed by atoms with Crippen molar-refractivity contribution in [3.63, 3.8) is 0 Å². The first kappa shape index (κ1) is 79.1. The second-order valence-electron chi connectivity index (χ2n) is 23.4. The molecule has 0 heterocycles. The fourth-order valence-electron chi connectivity index (χ4n) is 9.94. The Kier molecular flexibility index (Phi) is 67.2. The molecule has 0 aromatic rings. The van der Waals surface area contributed by atoms with E-state index in [1.165, 1.54) is 193 Å². The maximum Gasteiger partial charge on any atom is 0.306 e. The Hall–Kier alpha value is -3.93. The maximum atomic E-state index is 12.9. The van der Waals surface area contributed by atoms with Crippen LogP contribution >= 0.6 is 0 Å². The van der Waals surface area contributed by atoms with Crippen molar-refractivity contribution in [2.45, 2.75) is 348 Å². The van der Waals surface area contributed by atoms with E-state index in [4.69, 9.17) is 14.2 Å². The van der Waals surface area contributed by atoms with Gasteiger partial charge in [-0.05, 0) is 128 Å². The van der Waals surface area contributed by atoms with Crippen molar-refractivity contribution >= 4 is 17.9 Å². The molecule has 0 aliphatic rings. The highest BCUT2D eigenvalue weighted by Gasteiger charge is 2.19. The third-order valence-electron chi connectivity index (χ3n) is 15.2. The molecule has 476 valence electrons. The lowest BCUT2D eigenvalue weighted by molar-refractivity contribution is -0.167. The molecule has 6 nitrogen and oxygen atoms in total. The number of rotatable bonds is 64. The summed E-state index contributed by atoms with van der Waals surface area (Å²) in [6.45, 7) is 6.54. The fourth-order valence-corrected chi connectivity index (χ4v) is 9.94. The molecule has 0 rings (SSSR count). The molecule has 83 heavy (non-hydrogen) atoms. The second-order valence-corrected chi connectivity index (χ2v) is 23.4. The van der Waals surface area contributed by atoms with Crippen molar-refractivity contribution in [3.05, 3.63) is 109 Å². The van der Waals surface area contributed by atoms with Gasteiger partial charge in [0.15, 0.2) is 6.10 Å². The predicted molar refractivity (Wildman–Crippen MR) is 362 cm³/mol. The van der Waals surface area contributed by atoms with Crippen LogP contribution in [0.25, 0.3) is 0 Å². The normalized spacial score (nSPS) is 12.8. The number of hydrogen-bond donors (Lipinski definition) is 0. The average Bonchev–Trinajstić information content (AvgIpc) is 3.49. The predicted octanol–water partition coefficient (Wildman–Crippen LogP) is 24.6. The molecular formula is C77H132O6. The summed E-state index contributed by atoms with van der Waals surface area (Å²) in [4.78, 5) is 38.4. The van der Waals surface area contributed by atoms with Gasteiger partial charge in [0.25, 0.3) is 0 Å². The van der Waals surface area contributed by atoms with Gasteiger partial charge in [0.1, 0.15) is 13.2 Å². The van der Waals surface area contributed by atoms with E-state index in [1.807, 2.05) is 0 Å². The van der Waals surface area contributed by atoms with Gasteiger partial charge in [-0.1, -0.05) is 304 Å². The summed E-state index contributed by atoms with van der Waals surface area (Å²) < 4.78 is 17.0. The minimum Gasteiger partial charge on any atom is -0.462 e. The Labute approximate surface area is 514 Å². The highest BCUT2D eigenvalue weighted by atomic mass is 16.6. The molecule has 6 heteroatoms. The first-order valence-electron chi connectivity index (χ1n) is 35.4. The van der Waals surface area contributed by atoms with Gasteiger partial charge in [-0.25, -0.2) is 0 Å². The molecule has 0 aromatic heterocycles. The molecular weight excluding hydrogens is 1020 g/mol. The number of carbonyl (C=O) groups is 3. The van der Waals surface area contributed by atoms with Crippen molar-refractivity contribution in [3.8, 4) is 0 Å². The third kappa shape index (κ3) is 68.7. The van der Waals surface area contributed by atoms with E-state index in [1.54, 1.807) is 0 Å². The van der Waals surface area contributed by atoms with Gasteiger partial charge in [0.05, 0.1) is 0 Å². The van der Waals surface area contributed by atoms with Crippen molar-refractivity contribution in [2.75, 3.05) is 13.2 Å². The van der Waals surface area contributed by atoms with Gasteiger partial charge in [-0.2, -0.15) is 0 Å². The summed E-state index contributed by atoms with van der Waals surface area (Å²) in [5.74, 6) is -0.884. The number of ether oxygens (including phenoxy) is 3. The van der Waals surface area contributed by atoms with Crippen LogP contribution in [0.15, 0.2) is 109 Å². The van der Waals surface area contributed by atoms with Crippen LogP contribution in [0.5, 0.6) is 0 Å². The molecule has 0 aliphatic heterocycles. The molecule has 0 saturated heterocycles. The van der Waals surface area contributed by atoms with E-state index in [-0.39, 0.29) is 31.1 Å². The maximum absolute atomic E-state index is 12.9. The number of allylic oxidation sites excluding steroid dienone is 18. The van der Waals surface area contributed by atoms with E-state index < -0.39 is 6.10 Å². The van der Waals surface area contributed by atoms with Crippen molar-refractivity contribution in [2.24, 2.45) is 0 Å². The molecule has 0 aromatic carbocycles. The van der Waals surface area contributed by atoms with Crippen LogP contribution < -0.4 is 0 Å². The van der Waals surface area contributed by atoms with Gasteiger partial charge in [0, 0.05) is 19.3 Å². The molecule has 1 atom stereocenters. The van der Waals surface area contributed by atoms with E-state index in [9.17, 15) is 14.4 Å². The van der Waals surface area contributed by atoms with Gasteiger partial charge in [-0.3, -0.25) is 14.4 Å². The lowest BCUT2D eigenvalue weighted by Gasteiger charge is -2.18. The zero-order chi connectivity index (χ0) is 59.9. The average molecular weight is 1150 g/mol. The molecule has 0 saturated carbocycles. The standard InChI is InChI=1S/C77H132O6/c1-4-7-10-13-16-19-22-25-28-30-31-32-33-34-35-36-37-38-39-40-41-42-43-44-45-47-49-52-55-58-61-64-67-70-76(79)82-73-74(72-81-75(78)69-66-63-60-57-54-51-48-27-24-21-18-15-12-9-6-3)83-77(80)71-68-65-62-59-56-53-50-46-29-26-23-20-17-14-11-8-5-2/h7,10,16,19,25-29,31-32,34-35,37-38,40-41,48,74H,4-6,8-9,11-15,17-18,20-24,30,33,36,39,42-47,49-73H2,1-3H3/b10-7-,19-16-,28-25-,29-26-,32-31-,35-34-,38-37-,41-40-,48-27-. The smallest absolute Gasteiger partial charge is 0.306 e. The van der Waals surface area contributed by atoms with Crippen LogP contribution in [0, 0.1) is 0 Å². The Morgan fingerprint density at radius 3 is 0.747 bits per heavy atom. The van der Waals surface area contributed by atoms with Crippen molar-refractivity contribution in [1.29, 1.82) is 0 Å². The molecule has 0 amide bonds. The summed E-state index contributed by atoms with van der Waals surface area (Å²) in [5.41, 5.74) is 0. The molecule has 0 spiro atoms. The largest absolute Gasteiger partial charge is 0.462 e. The zero-order valence-electron chi connectivity index (χ0n) is 54.7. The zero-order valence-corrected chi connectivity index (χ0v) is 54.7. The Morgan fingerprint density at radius 1 is 0.253 bits per heavy atom. The van der Waals surface area contributed by atoms with Crippen LogP contribution in [0.1, 0.15) is 342 Å². The number of hydrogen-bond acceptors (Lipinski definition) is 6. The van der Waals surface area contributed by atoms with Gasteiger partial charge in [-0.15, -0.1) is 0 Å². The lowest BCUT2D eigenvalue weighted by atomic mass is 10.0. The van der Waals surface area contributed by atoms with Crippen LogP contribution in [0.2, 0.25) is 0 Å². The first-order chi connectivity index (χ1) is 41.0. The first-order valence-corrected chi connectivity index (χ1v) is 35.4. The summed E-state index contributed by atoms with van der Waals surface area (Å²) in [6.07, 6.45) is 96.8. The monoisotopic (exact) mass is 1150 g/mol. The molecule has 0 bridgehead atoms. The molecule has 0 radical (unpaired) electrons. The van der Waals surface area contributed by atoms with Crippen LogP contribution in [-0.2, 0) is 28.6 Å². The quantitative estimate of drug-likeness (QED) is 0.0261. The summed E-state index contributed by atoms with van der Waals surface area (Å²) >= 11 is 0. The summed E-state index contributed by atoms with van der Waals surface area (Å²) in [5, 5.41) is 0. The van der Waals surface area contributed by atoms with Gasteiger partial charge >= 0.3 is 17.9 Å². The topological polar surface area (TPSA) is 78.9 Å². The van der Waals surface area contributed by atoms with E-state index >= 15 is 0 Å². The Bertz CT molecular complexity index is 1660. The number of carbonyl (C=O) groups excluding carboxylic acids is 3. The molecule has 0 fully saturated rings. The van der Waals surface area contributed by atoms with Crippen LogP contribution in [-0.4, -0.2) is 37.2 Å². The summed E-state index contributed by atoms with van der Waals surface area (Å²) in [6, 6.07) is 0. The highest BCUT2D eigenvalue weighted by molar-refractivity contribution is 5.71. The van der Waals surface area contributed by atoms with E-state index in [2.05, 4.69) is 130 Å². The lowest BCUT2D eigenvalue weighted by Crippen LogP contribution is -2.30. The van der Waals surface area contributed by atoms with Crippen molar-refractivity contribution < 1.29 is 28.6 Å². The third-order valence-corrected chi connectivity index (χ3v) is 15.2. The van der Waals surface area contributed by atoms with E-state index in [0.29, 0.717) is 19.3 Å². The minimum absolute atomic E-state index is 0.0821. The van der Waals surface area contributed by atoms with E-state index in [0.717, 1.165) is 109 Å². The van der Waals surface area contributed by atoms with Gasteiger partial charge < -0.3 is 14.2 Å². The Morgan fingerprint density at radius 2 is 0.470 bits per heavy atom. The summed E-state index contributed by atoms with van der Waals surface area (Å²) in [7, 11) is 0. The number of unbranched alkanes of at least 4 members (excludes halogenated alkanes) is 35. The fraction of sp³-hybridized carbons (Fsp3) is 0.727. The van der Waals surface area contributed by atoms with Crippen LogP contribution in [0.3, 0.4) is 0 Å². The minimum atomic E-state index is -0.786. The second kappa shape index (κ2) is 70.6. The molecule has 0 aliphatic carbocycles. The van der Waals surface area contributed by atoms with Gasteiger partial charge in [0.2, 0.25) is 0 Å². The Balaban J connectivity index is 4.27. The van der Waals surface area contributed by atoms with Crippen LogP contribution in [0.4, 0.5) is 0 Å². The number of esters is 3.